The second-order valence-corrected chi connectivity index (χ2v) is 6.26. The summed E-state index contributed by atoms with van der Waals surface area (Å²) in [5.41, 5.74) is 2.64. The van der Waals surface area contributed by atoms with Crippen LogP contribution >= 0.6 is 0 Å². The highest BCUT2D eigenvalue weighted by Gasteiger charge is 2.13. The van der Waals surface area contributed by atoms with Gasteiger partial charge < -0.3 is 9.90 Å². The first kappa shape index (κ1) is 19.4. The zero-order valence-electron chi connectivity index (χ0n) is 14.7. The summed E-state index contributed by atoms with van der Waals surface area (Å²) in [6.45, 7) is 1.88. The predicted molar refractivity (Wildman–Crippen MR) is 96.2 cm³/mol. The molecule has 0 radical (unpaired) electrons. The van der Waals surface area contributed by atoms with Crippen LogP contribution in [-0.2, 0) is 16.0 Å². The molecule has 1 N–H and O–H groups in total. The lowest BCUT2D eigenvalue weighted by Gasteiger charge is -2.10. The molecule has 2 heterocycles. The molecule has 0 aliphatic rings. The number of hydrogen-bond donors (Lipinski definition) is 1. The first-order valence-electron chi connectivity index (χ1n) is 8.57. The van der Waals surface area contributed by atoms with Crippen molar-refractivity contribution in [1.82, 2.24) is 9.97 Å². The quantitative estimate of drug-likeness (QED) is 0.658. The number of aryl methyl sites for hydroxylation is 2. The smallest absolute Gasteiger partial charge is 0.354 e. The van der Waals surface area contributed by atoms with Crippen LogP contribution in [0.25, 0.3) is 0 Å². The average molecular weight is 354 g/mol. The fourth-order valence-corrected chi connectivity index (χ4v) is 2.64. The van der Waals surface area contributed by atoms with E-state index in [-0.39, 0.29) is 17.4 Å². The largest absolute Gasteiger partial charge is 0.477 e. The summed E-state index contributed by atoms with van der Waals surface area (Å²) in [5.74, 6) is -1.24. The second kappa shape index (κ2) is 9.56. The summed E-state index contributed by atoms with van der Waals surface area (Å²) in [4.78, 5) is 42.1. The van der Waals surface area contributed by atoms with E-state index in [0.29, 0.717) is 32.1 Å². The Bertz CT molecular complexity index is 754. The number of carboxylic acid groups (broad SMARTS) is 1. The number of ketones is 1. The van der Waals surface area contributed by atoms with Gasteiger partial charge in [0.15, 0.2) is 0 Å². The molecule has 1 unspecified atom stereocenters. The summed E-state index contributed by atoms with van der Waals surface area (Å²) in [6.07, 6.45) is 6.69. The van der Waals surface area contributed by atoms with E-state index in [1.807, 2.05) is 19.1 Å². The van der Waals surface area contributed by atoms with Crippen LogP contribution in [0, 0.1) is 6.92 Å². The SMILES string of the molecule is Cc1ccc(C(C=O)CCC(=O)CCCc2ccc(C(=O)O)nc2)cn1. The van der Waals surface area contributed by atoms with E-state index in [4.69, 9.17) is 5.11 Å². The van der Waals surface area contributed by atoms with Gasteiger partial charge in [-0.3, -0.25) is 9.78 Å². The van der Waals surface area contributed by atoms with Gasteiger partial charge in [-0.15, -0.1) is 0 Å². The second-order valence-electron chi connectivity index (χ2n) is 6.26. The van der Waals surface area contributed by atoms with Crippen molar-refractivity contribution >= 4 is 18.0 Å². The standard InChI is InChI=1S/C20H22N2O4/c1-14-5-7-16(12-21-14)17(13-23)8-9-18(24)4-2-3-15-6-10-19(20(25)26)22-11-15/h5-7,10-13,17H,2-4,8-9H2,1H3,(H,25,26). The Morgan fingerprint density at radius 1 is 1.12 bits per heavy atom. The van der Waals surface area contributed by atoms with Gasteiger partial charge in [0.05, 0.1) is 0 Å². The molecular weight excluding hydrogens is 332 g/mol. The van der Waals surface area contributed by atoms with E-state index < -0.39 is 5.97 Å². The number of aromatic nitrogens is 2. The van der Waals surface area contributed by atoms with Gasteiger partial charge in [0, 0.05) is 36.8 Å². The molecule has 26 heavy (non-hydrogen) atoms. The van der Waals surface area contributed by atoms with Crippen molar-refractivity contribution < 1.29 is 19.5 Å². The number of rotatable bonds is 10. The first-order chi connectivity index (χ1) is 12.5. The lowest BCUT2D eigenvalue weighted by Crippen LogP contribution is -2.06. The first-order valence-corrected chi connectivity index (χ1v) is 8.57. The molecule has 0 aliphatic heterocycles. The van der Waals surface area contributed by atoms with Crippen molar-refractivity contribution in [1.29, 1.82) is 0 Å². The highest BCUT2D eigenvalue weighted by Crippen LogP contribution is 2.19. The van der Waals surface area contributed by atoms with Crippen molar-refractivity contribution in [2.75, 3.05) is 0 Å². The number of pyridine rings is 2. The molecule has 1 atom stereocenters. The monoisotopic (exact) mass is 354 g/mol. The minimum absolute atomic E-state index is 0.00956. The molecule has 0 saturated heterocycles. The fourth-order valence-electron chi connectivity index (χ4n) is 2.64. The summed E-state index contributed by atoms with van der Waals surface area (Å²) < 4.78 is 0. The number of carbonyl (C=O) groups excluding carboxylic acids is 2. The normalized spacial score (nSPS) is 11.7. The lowest BCUT2D eigenvalue weighted by molar-refractivity contribution is -0.119. The minimum atomic E-state index is -1.06. The van der Waals surface area contributed by atoms with Gasteiger partial charge in [-0.1, -0.05) is 12.1 Å². The molecule has 0 aliphatic carbocycles. The van der Waals surface area contributed by atoms with Gasteiger partial charge in [0.1, 0.15) is 17.8 Å². The van der Waals surface area contributed by atoms with E-state index in [9.17, 15) is 14.4 Å². The van der Waals surface area contributed by atoms with Gasteiger partial charge >= 0.3 is 5.97 Å². The molecule has 0 amide bonds. The van der Waals surface area contributed by atoms with Gasteiger partial charge in [-0.25, -0.2) is 9.78 Å². The van der Waals surface area contributed by atoms with Gasteiger partial charge in [-0.05, 0) is 49.4 Å². The molecular formula is C20H22N2O4. The maximum atomic E-state index is 12.1. The molecule has 2 aromatic rings. The number of carbonyl (C=O) groups is 3. The molecule has 0 spiro atoms. The van der Waals surface area contributed by atoms with Crippen LogP contribution in [0.15, 0.2) is 36.7 Å². The maximum absolute atomic E-state index is 12.1. The molecule has 2 rings (SSSR count). The number of nitrogens with zero attached hydrogens (tertiary/aromatic N) is 2. The van der Waals surface area contributed by atoms with Crippen LogP contribution in [0.2, 0.25) is 0 Å². The highest BCUT2D eigenvalue weighted by molar-refractivity contribution is 5.85. The molecule has 6 nitrogen and oxygen atoms in total. The van der Waals surface area contributed by atoms with Gasteiger partial charge in [0.25, 0.3) is 0 Å². The number of carboxylic acids is 1. The zero-order chi connectivity index (χ0) is 18.9. The van der Waals surface area contributed by atoms with E-state index in [1.165, 1.54) is 12.3 Å². The van der Waals surface area contributed by atoms with E-state index in [1.54, 1.807) is 12.3 Å². The molecule has 136 valence electrons. The molecule has 0 fully saturated rings. The Hall–Kier alpha value is -2.89. The van der Waals surface area contributed by atoms with Gasteiger partial charge in [-0.2, -0.15) is 0 Å². The molecule has 2 aromatic heterocycles. The molecule has 0 bridgehead atoms. The van der Waals surface area contributed by atoms with Crippen molar-refractivity contribution in [3.63, 3.8) is 0 Å². The summed E-state index contributed by atoms with van der Waals surface area (Å²) in [6, 6.07) is 6.91. The summed E-state index contributed by atoms with van der Waals surface area (Å²) >= 11 is 0. The predicted octanol–water partition coefficient (Wildman–Crippen LogP) is 3.14. The number of hydrogen-bond acceptors (Lipinski definition) is 5. The maximum Gasteiger partial charge on any atom is 0.354 e. The van der Waals surface area contributed by atoms with Crippen molar-refractivity contribution in [2.45, 2.75) is 44.9 Å². The molecule has 0 saturated carbocycles. The van der Waals surface area contributed by atoms with Crippen LogP contribution in [-0.4, -0.2) is 33.1 Å². The fraction of sp³-hybridized carbons (Fsp3) is 0.350. The summed E-state index contributed by atoms with van der Waals surface area (Å²) in [5, 5.41) is 8.81. The van der Waals surface area contributed by atoms with E-state index in [0.717, 1.165) is 23.1 Å². The van der Waals surface area contributed by atoms with Crippen molar-refractivity contribution in [3.05, 3.63) is 59.2 Å². The molecule has 0 aromatic carbocycles. The third-order valence-corrected chi connectivity index (χ3v) is 4.23. The number of aromatic carboxylic acids is 1. The van der Waals surface area contributed by atoms with E-state index in [2.05, 4.69) is 9.97 Å². The van der Waals surface area contributed by atoms with Crippen LogP contribution in [0.3, 0.4) is 0 Å². The average Bonchev–Trinajstić information content (AvgIpc) is 2.64. The Balaban J connectivity index is 1.75. The number of aldehydes is 1. The van der Waals surface area contributed by atoms with Gasteiger partial charge in [0.2, 0.25) is 0 Å². The zero-order valence-corrected chi connectivity index (χ0v) is 14.7. The summed E-state index contributed by atoms with van der Waals surface area (Å²) in [7, 11) is 0. The van der Waals surface area contributed by atoms with Crippen molar-refractivity contribution in [3.8, 4) is 0 Å². The van der Waals surface area contributed by atoms with Crippen molar-refractivity contribution in [2.24, 2.45) is 0 Å². The van der Waals surface area contributed by atoms with Crippen LogP contribution in [0.1, 0.15) is 58.9 Å². The topological polar surface area (TPSA) is 97.2 Å². The Morgan fingerprint density at radius 2 is 1.92 bits per heavy atom. The molecule has 6 heteroatoms. The van der Waals surface area contributed by atoms with E-state index >= 15 is 0 Å². The highest BCUT2D eigenvalue weighted by atomic mass is 16.4. The lowest BCUT2D eigenvalue weighted by atomic mass is 9.94. The third kappa shape index (κ3) is 5.88. The Morgan fingerprint density at radius 3 is 2.50 bits per heavy atom. The van der Waals surface area contributed by atoms with Crippen LogP contribution in [0.4, 0.5) is 0 Å². The third-order valence-electron chi connectivity index (χ3n) is 4.23. The Kier molecular flexibility index (Phi) is 7.14. The Labute approximate surface area is 152 Å². The van der Waals surface area contributed by atoms with Crippen LogP contribution < -0.4 is 0 Å². The minimum Gasteiger partial charge on any atom is -0.477 e. The van der Waals surface area contributed by atoms with Crippen LogP contribution in [0.5, 0.6) is 0 Å². The number of Topliss-reactive ketones (excluding diaryl/α,β-unsaturated/α-hetero) is 1.